The summed E-state index contributed by atoms with van der Waals surface area (Å²) < 4.78 is 38.6. The van der Waals surface area contributed by atoms with Gasteiger partial charge in [0.25, 0.3) is 0 Å². The highest BCUT2D eigenvalue weighted by atomic mass is 19.2. The molecule has 2 aromatic rings. The first-order valence-electron chi connectivity index (χ1n) is 5.27. The molecule has 0 saturated carbocycles. The van der Waals surface area contributed by atoms with Gasteiger partial charge in [-0.3, -0.25) is 0 Å². The standard InChI is InChI=1S/C12H10F3N3/c13-10-4-8(5-11(14)12(10)15)6-16-7-9-2-1-3-17-18-9/h1-5,16H,6-7H2. The molecule has 2 rings (SSSR count). The minimum atomic E-state index is -1.45. The van der Waals surface area contributed by atoms with Crippen LogP contribution >= 0.6 is 0 Å². The Bertz CT molecular complexity index is 508. The molecule has 0 bridgehead atoms. The maximum atomic E-state index is 12.9. The number of nitrogens with one attached hydrogen (secondary N) is 1. The van der Waals surface area contributed by atoms with Gasteiger partial charge in [-0.2, -0.15) is 10.2 Å². The molecule has 3 nitrogen and oxygen atoms in total. The molecule has 0 atom stereocenters. The molecule has 1 aromatic heterocycles. The number of hydrogen-bond acceptors (Lipinski definition) is 3. The van der Waals surface area contributed by atoms with Gasteiger partial charge in [0, 0.05) is 19.3 Å². The van der Waals surface area contributed by atoms with Crippen molar-refractivity contribution >= 4 is 0 Å². The number of hydrogen-bond donors (Lipinski definition) is 1. The normalized spacial score (nSPS) is 10.6. The van der Waals surface area contributed by atoms with Crippen LogP contribution in [0.25, 0.3) is 0 Å². The molecule has 1 heterocycles. The van der Waals surface area contributed by atoms with Crippen LogP contribution in [0.15, 0.2) is 30.5 Å². The summed E-state index contributed by atoms with van der Waals surface area (Å²) in [5.41, 5.74) is 1.04. The third-order valence-electron chi connectivity index (χ3n) is 2.31. The molecular weight excluding hydrogens is 243 g/mol. The second-order valence-electron chi connectivity index (χ2n) is 3.69. The Balaban J connectivity index is 1.95. The lowest BCUT2D eigenvalue weighted by molar-refractivity contribution is 0.444. The Hall–Kier alpha value is -1.95. The highest BCUT2D eigenvalue weighted by Gasteiger charge is 2.10. The van der Waals surface area contributed by atoms with Gasteiger partial charge in [0.05, 0.1) is 5.69 Å². The van der Waals surface area contributed by atoms with E-state index < -0.39 is 17.5 Å². The van der Waals surface area contributed by atoms with E-state index in [2.05, 4.69) is 15.5 Å². The van der Waals surface area contributed by atoms with Gasteiger partial charge in [0.1, 0.15) is 0 Å². The first kappa shape index (κ1) is 12.5. The largest absolute Gasteiger partial charge is 0.307 e. The Morgan fingerprint density at radius 1 is 1.06 bits per heavy atom. The van der Waals surface area contributed by atoms with Crippen molar-refractivity contribution in [1.29, 1.82) is 0 Å². The van der Waals surface area contributed by atoms with Crippen molar-refractivity contribution in [2.75, 3.05) is 0 Å². The smallest absolute Gasteiger partial charge is 0.194 e. The van der Waals surface area contributed by atoms with Gasteiger partial charge >= 0.3 is 0 Å². The molecule has 6 heteroatoms. The van der Waals surface area contributed by atoms with Crippen molar-refractivity contribution < 1.29 is 13.2 Å². The molecule has 0 aliphatic heterocycles. The van der Waals surface area contributed by atoms with Gasteiger partial charge in [0.15, 0.2) is 17.5 Å². The maximum Gasteiger partial charge on any atom is 0.194 e. The average Bonchev–Trinajstić information content (AvgIpc) is 2.37. The van der Waals surface area contributed by atoms with Crippen LogP contribution < -0.4 is 5.32 Å². The summed E-state index contributed by atoms with van der Waals surface area (Å²) in [5, 5.41) is 10.5. The molecule has 0 unspecified atom stereocenters. The summed E-state index contributed by atoms with van der Waals surface area (Å²) in [6, 6.07) is 5.43. The fourth-order valence-corrected chi connectivity index (χ4v) is 1.47. The van der Waals surface area contributed by atoms with E-state index in [0.29, 0.717) is 17.8 Å². The lowest BCUT2D eigenvalue weighted by Gasteiger charge is -2.05. The third kappa shape index (κ3) is 3.04. The molecule has 0 amide bonds. The maximum absolute atomic E-state index is 12.9. The zero-order valence-electron chi connectivity index (χ0n) is 9.33. The highest BCUT2D eigenvalue weighted by molar-refractivity contribution is 5.19. The van der Waals surface area contributed by atoms with Gasteiger partial charge in [-0.1, -0.05) is 0 Å². The van der Waals surface area contributed by atoms with Crippen LogP contribution in [0.3, 0.4) is 0 Å². The Morgan fingerprint density at radius 3 is 2.39 bits per heavy atom. The van der Waals surface area contributed by atoms with Crippen LogP contribution in [0.4, 0.5) is 13.2 Å². The summed E-state index contributed by atoms with van der Waals surface area (Å²) in [7, 11) is 0. The van der Waals surface area contributed by atoms with E-state index in [9.17, 15) is 13.2 Å². The van der Waals surface area contributed by atoms with Crippen molar-refractivity contribution in [3.05, 3.63) is 59.2 Å². The second-order valence-corrected chi connectivity index (χ2v) is 3.69. The highest BCUT2D eigenvalue weighted by Crippen LogP contribution is 2.13. The van der Waals surface area contributed by atoms with E-state index in [-0.39, 0.29) is 6.54 Å². The van der Waals surface area contributed by atoms with Gasteiger partial charge < -0.3 is 5.32 Å². The lowest BCUT2D eigenvalue weighted by atomic mass is 10.2. The molecule has 1 aromatic carbocycles. The zero-order valence-corrected chi connectivity index (χ0v) is 9.33. The summed E-state index contributed by atoms with van der Waals surface area (Å²) in [6.45, 7) is 0.624. The Labute approximate surface area is 102 Å². The van der Waals surface area contributed by atoms with Gasteiger partial charge in [0.2, 0.25) is 0 Å². The van der Waals surface area contributed by atoms with Crippen LogP contribution in [0.1, 0.15) is 11.3 Å². The van der Waals surface area contributed by atoms with Crippen molar-refractivity contribution in [3.63, 3.8) is 0 Å². The first-order chi connectivity index (χ1) is 8.66. The zero-order chi connectivity index (χ0) is 13.0. The molecule has 94 valence electrons. The molecule has 0 aliphatic rings. The molecular formula is C12H10F3N3. The summed E-state index contributed by atoms with van der Waals surface area (Å²) in [5.74, 6) is -3.83. The van der Waals surface area contributed by atoms with Gasteiger partial charge in [-0.25, -0.2) is 13.2 Å². The number of rotatable bonds is 4. The number of nitrogens with zero attached hydrogens (tertiary/aromatic N) is 2. The van der Waals surface area contributed by atoms with Gasteiger partial charge in [-0.15, -0.1) is 0 Å². The number of aromatic nitrogens is 2. The lowest BCUT2D eigenvalue weighted by Crippen LogP contribution is -2.14. The second kappa shape index (κ2) is 5.59. The van der Waals surface area contributed by atoms with Crippen LogP contribution in [0.2, 0.25) is 0 Å². The van der Waals surface area contributed by atoms with E-state index in [1.807, 2.05) is 0 Å². The minimum Gasteiger partial charge on any atom is -0.307 e. The van der Waals surface area contributed by atoms with Crippen molar-refractivity contribution in [1.82, 2.24) is 15.5 Å². The molecule has 0 saturated heterocycles. The van der Waals surface area contributed by atoms with E-state index in [1.54, 1.807) is 18.3 Å². The number of halogens is 3. The summed E-state index contributed by atoms with van der Waals surface area (Å²) >= 11 is 0. The SMILES string of the molecule is Fc1cc(CNCc2cccnn2)cc(F)c1F. The Morgan fingerprint density at radius 2 is 1.78 bits per heavy atom. The molecule has 0 aliphatic carbocycles. The molecule has 18 heavy (non-hydrogen) atoms. The van der Waals surface area contributed by atoms with Crippen molar-refractivity contribution in [3.8, 4) is 0 Å². The summed E-state index contributed by atoms with van der Waals surface area (Å²) in [6.07, 6.45) is 1.55. The fourth-order valence-electron chi connectivity index (χ4n) is 1.47. The predicted molar refractivity (Wildman–Crippen MR) is 58.9 cm³/mol. The predicted octanol–water partition coefficient (Wildman–Crippen LogP) is 2.18. The van der Waals surface area contributed by atoms with E-state index in [0.717, 1.165) is 12.1 Å². The molecule has 0 fully saturated rings. The van der Waals surface area contributed by atoms with Crippen molar-refractivity contribution in [2.24, 2.45) is 0 Å². The summed E-state index contributed by atoms with van der Waals surface area (Å²) in [4.78, 5) is 0. The van der Waals surface area contributed by atoms with Crippen molar-refractivity contribution in [2.45, 2.75) is 13.1 Å². The van der Waals surface area contributed by atoms with Crippen LogP contribution in [0, 0.1) is 17.5 Å². The average molecular weight is 253 g/mol. The van der Waals surface area contributed by atoms with E-state index in [1.165, 1.54) is 0 Å². The monoisotopic (exact) mass is 253 g/mol. The Kier molecular flexibility index (Phi) is 3.88. The molecule has 1 N–H and O–H groups in total. The fraction of sp³-hybridized carbons (Fsp3) is 0.167. The minimum absolute atomic E-state index is 0.213. The topological polar surface area (TPSA) is 37.8 Å². The van der Waals surface area contributed by atoms with Crippen LogP contribution in [-0.4, -0.2) is 10.2 Å². The van der Waals surface area contributed by atoms with Crippen LogP contribution in [-0.2, 0) is 13.1 Å². The first-order valence-corrected chi connectivity index (χ1v) is 5.27. The third-order valence-corrected chi connectivity index (χ3v) is 2.31. The van der Waals surface area contributed by atoms with E-state index in [4.69, 9.17) is 0 Å². The molecule has 0 spiro atoms. The van der Waals surface area contributed by atoms with Crippen LogP contribution in [0.5, 0.6) is 0 Å². The van der Waals surface area contributed by atoms with Gasteiger partial charge in [-0.05, 0) is 29.8 Å². The quantitative estimate of drug-likeness (QED) is 0.849. The number of benzene rings is 1. The van der Waals surface area contributed by atoms with E-state index >= 15 is 0 Å². The molecule has 0 radical (unpaired) electrons.